The number of benzene rings is 1. The van der Waals surface area contributed by atoms with E-state index in [0.29, 0.717) is 12.6 Å². The van der Waals surface area contributed by atoms with E-state index in [9.17, 15) is 4.79 Å². The van der Waals surface area contributed by atoms with E-state index in [1.54, 1.807) is 11.0 Å². The number of nitrogens with one attached hydrogen (secondary N) is 1. The van der Waals surface area contributed by atoms with Gasteiger partial charge in [0.2, 0.25) is 5.91 Å². The number of hydrogen-bond donors (Lipinski definition) is 1. The fourth-order valence-electron chi connectivity index (χ4n) is 3.61. The molecule has 0 atom stereocenters. The minimum absolute atomic E-state index is 0.183. The molecule has 1 aliphatic carbocycles. The predicted octanol–water partition coefficient (Wildman–Crippen LogP) is 3.25. The Morgan fingerprint density at radius 2 is 1.96 bits per heavy atom. The van der Waals surface area contributed by atoms with Crippen molar-refractivity contribution in [2.75, 3.05) is 11.9 Å². The maximum absolute atomic E-state index is 12.8. The highest BCUT2D eigenvalue weighted by molar-refractivity contribution is 5.81. The van der Waals surface area contributed by atoms with E-state index in [1.165, 1.54) is 25.6 Å². The van der Waals surface area contributed by atoms with Crippen molar-refractivity contribution in [2.24, 2.45) is 0 Å². The zero-order chi connectivity index (χ0) is 17.6. The first-order valence-electron chi connectivity index (χ1n) is 9.15. The van der Waals surface area contributed by atoms with Crippen LogP contribution in [-0.4, -0.2) is 44.2 Å². The summed E-state index contributed by atoms with van der Waals surface area (Å²) in [6.07, 6.45) is 9.21. The third-order valence-electron chi connectivity index (χ3n) is 4.81. The first-order valence-corrected chi connectivity index (χ1v) is 9.15. The van der Waals surface area contributed by atoms with Crippen molar-refractivity contribution in [3.63, 3.8) is 0 Å². The van der Waals surface area contributed by atoms with Crippen molar-refractivity contribution in [3.8, 4) is 5.69 Å². The molecule has 0 unspecified atom stereocenters. The molecule has 0 saturated heterocycles. The molecule has 1 fully saturated rings. The van der Waals surface area contributed by atoms with Gasteiger partial charge in [-0.25, -0.2) is 9.67 Å². The molecule has 1 aromatic heterocycles. The summed E-state index contributed by atoms with van der Waals surface area (Å²) in [6, 6.07) is 8.49. The quantitative estimate of drug-likeness (QED) is 0.876. The van der Waals surface area contributed by atoms with Crippen LogP contribution in [0.15, 0.2) is 36.9 Å². The molecule has 1 N–H and O–H groups in total. The van der Waals surface area contributed by atoms with E-state index in [4.69, 9.17) is 0 Å². The number of anilines is 1. The fraction of sp³-hybridized carbons (Fsp3) is 0.526. The van der Waals surface area contributed by atoms with E-state index in [0.717, 1.165) is 24.2 Å². The molecule has 0 spiro atoms. The maximum Gasteiger partial charge on any atom is 0.242 e. The van der Waals surface area contributed by atoms with E-state index in [-0.39, 0.29) is 11.9 Å². The largest absolute Gasteiger partial charge is 0.376 e. The highest BCUT2D eigenvalue weighted by Crippen LogP contribution is 2.24. The number of carbonyl (C=O) groups excluding carboxylic acids is 1. The van der Waals surface area contributed by atoms with Crippen molar-refractivity contribution < 1.29 is 4.79 Å². The summed E-state index contributed by atoms with van der Waals surface area (Å²) in [5.74, 6) is 0.183. The Morgan fingerprint density at radius 1 is 1.24 bits per heavy atom. The summed E-state index contributed by atoms with van der Waals surface area (Å²) in [4.78, 5) is 18.8. The van der Waals surface area contributed by atoms with Gasteiger partial charge < -0.3 is 10.2 Å². The lowest BCUT2D eigenvalue weighted by Crippen LogP contribution is -2.48. The molecule has 6 heteroatoms. The fourth-order valence-corrected chi connectivity index (χ4v) is 3.61. The Morgan fingerprint density at radius 3 is 2.56 bits per heavy atom. The van der Waals surface area contributed by atoms with Crippen LogP contribution < -0.4 is 5.32 Å². The second-order valence-corrected chi connectivity index (χ2v) is 6.93. The van der Waals surface area contributed by atoms with Crippen LogP contribution in [0.1, 0.15) is 46.0 Å². The number of carbonyl (C=O) groups is 1. The van der Waals surface area contributed by atoms with Crippen LogP contribution in [0.25, 0.3) is 5.69 Å². The standard InChI is InChI=1S/C19H27N5O/c1-15(2)24(18-6-4-3-5-7-18)19(25)12-21-16-8-10-17(11-9-16)23-14-20-13-22-23/h8-11,13-15,18,21H,3-7,12H2,1-2H3. The Labute approximate surface area is 149 Å². The molecule has 0 radical (unpaired) electrons. The Kier molecular flexibility index (Phi) is 5.68. The van der Waals surface area contributed by atoms with Gasteiger partial charge in [0.15, 0.2) is 0 Å². The van der Waals surface area contributed by atoms with Gasteiger partial charge in [0.1, 0.15) is 12.7 Å². The molecule has 25 heavy (non-hydrogen) atoms. The first kappa shape index (κ1) is 17.5. The zero-order valence-corrected chi connectivity index (χ0v) is 15.1. The van der Waals surface area contributed by atoms with E-state index < -0.39 is 0 Å². The number of nitrogens with zero attached hydrogens (tertiary/aromatic N) is 4. The van der Waals surface area contributed by atoms with Crippen LogP contribution in [0.4, 0.5) is 5.69 Å². The molecule has 134 valence electrons. The molecule has 1 saturated carbocycles. The highest BCUT2D eigenvalue weighted by atomic mass is 16.2. The number of rotatable bonds is 6. The molecule has 2 aromatic rings. The maximum atomic E-state index is 12.8. The van der Waals surface area contributed by atoms with Crippen molar-refractivity contribution in [1.82, 2.24) is 19.7 Å². The SMILES string of the molecule is CC(C)N(C(=O)CNc1ccc(-n2cncn2)cc1)C1CCCCC1. The number of aromatic nitrogens is 3. The van der Waals surface area contributed by atoms with Crippen LogP contribution >= 0.6 is 0 Å². The molecule has 1 aliphatic rings. The van der Waals surface area contributed by atoms with Crippen LogP contribution in [0, 0.1) is 0 Å². The molecular formula is C19H27N5O. The molecule has 1 amide bonds. The topological polar surface area (TPSA) is 63.1 Å². The minimum atomic E-state index is 0.183. The Hall–Kier alpha value is -2.37. The Bertz CT molecular complexity index is 660. The van der Waals surface area contributed by atoms with Gasteiger partial charge >= 0.3 is 0 Å². The number of amides is 1. The van der Waals surface area contributed by atoms with E-state index >= 15 is 0 Å². The Balaban J connectivity index is 1.58. The van der Waals surface area contributed by atoms with Gasteiger partial charge in [0.25, 0.3) is 0 Å². The van der Waals surface area contributed by atoms with Gasteiger partial charge in [0.05, 0.1) is 12.2 Å². The highest BCUT2D eigenvalue weighted by Gasteiger charge is 2.27. The van der Waals surface area contributed by atoms with Crippen LogP contribution in [0.3, 0.4) is 0 Å². The summed E-state index contributed by atoms with van der Waals surface area (Å²) in [7, 11) is 0. The molecule has 0 aliphatic heterocycles. The second kappa shape index (κ2) is 8.14. The molecule has 6 nitrogen and oxygen atoms in total. The lowest BCUT2D eigenvalue weighted by Gasteiger charge is -2.37. The van der Waals surface area contributed by atoms with Gasteiger partial charge in [-0.2, -0.15) is 5.10 Å². The summed E-state index contributed by atoms with van der Waals surface area (Å²) in [5, 5.41) is 7.36. The number of hydrogen-bond acceptors (Lipinski definition) is 4. The summed E-state index contributed by atoms with van der Waals surface area (Å²) in [6.45, 7) is 4.55. The summed E-state index contributed by atoms with van der Waals surface area (Å²) < 4.78 is 1.71. The minimum Gasteiger partial charge on any atom is -0.376 e. The smallest absolute Gasteiger partial charge is 0.242 e. The molecular weight excluding hydrogens is 314 g/mol. The molecule has 1 heterocycles. The van der Waals surface area contributed by atoms with Crippen LogP contribution in [0.2, 0.25) is 0 Å². The van der Waals surface area contributed by atoms with Crippen molar-refractivity contribution in [2.45, 2.75) is 58.0 Å². The van der Waals surface area contributed by atoms with Gasteiger partial charge in [-0.3, -0.25) is 4.79 Å². The van der Waals surface area contributed by atoms with E-state index in [1.807, 2.05) is 24.3 Å². The second-order valence-electron chi connectivity index (χ2n) is 6.93. The zero-order valence-electron chi connectivity index (χ0n) is 15.1. The molecule has 1 aromatic carbocycles. The normalized spacial score (nSPS) is 15.3. The van der Waals surface area contributed by atoms with Gasteiger partial charge in [-0.1, -0.05) is 19.3 Å². The third kappa shape index (κ3) is 4.38. The molecule has 3 rings (SSSR count). The van der Waals surface area contributed by atoms with Crippen molar-refractivity contribution >= 4 is 11.6 Å². The van der Waals surface area contributed by atoms with Crippen molar-refractivity contribution in [1.29, 1.82) is 0 Å². The lowest BCUT2D eigenvalue weighted by molar-refractivity contribution is -0.134. The van der Waals surface area contributed by atoms with Gasteiger partial charge in [-0.15, -0.1) is 0 Å². The first-order chi connectivity index (χ1) is 12.1. The monoisotopic (exact) mass is 341 g/mol. The predicted molar refractivity (Wildman–Crippen MR) is 98.7 cm³/mol. The van der Waals surface area contributed by atoms with Crippen LogP contribution in [-0.2, 0) is 4.79 Å². The summed E-state index contributed by atoms with van der Waals surface area (Å²) in [5.41, 5.74) is 1.88. The lowest BCUT2D eigenvalue weighted by atomic mass is 9.93. The van der Waals surface area contributed by atoms with Crippen molar-refractivity contribution in [3.05, 3.63) is 36.9 Å². The third-order valence-corrected chi connectivity index (χ3v) is 4.81. The summed E-state index contributed by atoms with van der Waals surface area (Å²) >= 11 is 0. The van der Waals surface area contributed by atoms with E-state index in [2.05, 4.69) is 34.1 Å². The van der Waals surface area contributed by atoms with Gasteiger partial charge in [-0.05, 0) is 51.0 Å². The van der Waals surface area contributed by atoms with Crippen LogP contribution in [0.5, 0.6) is 0 Å². The average Bonchev–Trinajstić information content (AvgIpc) is 3.16. The average molecular weight is 341 g/mol. The molecule has 0 bridgehead atoms. The van der Waals surface area contributed by atoms with Gasteiger partial charge in [0, 0.05) is 17.8 Å².